The monoisotopic (exact) mass is 379 g/mol. The highest BCUT2D eigenvalue weighted by Gasteiger charge is 2.15. The van der Waals surface area contributed by atoms with Crippen LogP contribution in [0.4, 0.5) is 5.13 Å². The van der Waals surface area contributed by atoms with Gasteiger partial charge in [0.25, 0.3) is 0 Å². The molecule has 7 heteroatoms. The van der Waals surface area contributed by atoms with Gasteiger partial charge in [-0.3, -0.25) is 0 Å². The number of benzene rings is 1. The maximum absolute atomic E-state index is 10.2. The lowest BCUT2D eigenvalue weighted by molar-refractivity contribution is 0.166. The highest BCUT2D eigenvalue weighted by molar-refractivity contribution is 7.15. The van der Waals surface area contributed by atoms with Crippen molar-refractivity contribution in [3.63, 3.8) is 0 Å². The summed E-state index contributed by atoms with van der Waals surface area (Å²) >= 11 is 9.01. The predicted molar refractivity (Wildman–Crippen MR) is 101 cm³/mol. The molecule has 4 nitrogen and oxygen atoms in total. The summed E-state index contributed by atoms with van der Waals surface area (Å²) in [5.74, 6) is 0. The molecule has 0 spiro atoms. The number of anilines is 1. The lowest BCUT2D eigenvalue weighted by Gasteiger charge is -2.16. The van der Waals surface area contributed by atoms with Crippen molar-refractivity contribution in [3.8, 4) is 0 Å². The van der Waals surface area contributed by atoms with Crippen LogP contribution in [0.15, 0.2) is 41.8 Å². The van der Waals surface area contributed by atoms with E-state index in [9.17, 15) is 5.11 Å². The van der Waals surface area contributed by atoms with Gasteiger partial charge >= 0.3 is 0 Å². The summed E-state index contributed by atoms with van der Waals surface area (Å²) in [6.45, 7) is 2.04. The molecule has 0 saturated heterocycles. The van der Waals surface area contributed by atoms with E-state index in [0.717, 1.165) is 32.0 Å². The quantitative estimate of drug-likeness (QED) is 0.620. The normalized spacial score (nSPS) is 13.6. The zero-order valence-corrected chi connectivity index (χ0v) is 15.5. The van der Waals surface area contributed by atoms with Gasteiger partial charge in [-0.2, -0.15) is 0 Å². The number of aromatic nitrogens is 2. The van der Waals surface area contributed by atoms with E-state index in [1.807, 2.05) is 48.7 Å². The third-order valence-corrected chi connectivity index (χ3v) is 5.63. The summed E-state index contributed by atoms with van der Waals surface area (Å²) in [4.78, 5) is 0.990. The Hall–Kier alpha value is -1.47. The molecule has 0 aliphatic heterocycles. The molecule has 2 unspecified atom stereocenters. The van der Waals surface area contributed by atoms with Crippen LogP contribution >= 0.6 is 34.3 Å². The smallest absolute Gasteiger partial charge is 0.205 e. The number of aliphatic hydroxyl groups excluding tert-OH is 1. The first-order chi connectivity index (χ1) is 11.6. The molecule has 0 radical (unpaired) electrons. The Balaban J connectivity index is 1.54. The number of hydrogen-bond acceptors (Lipinski definition) is 6. The van der Waals surface area contributed by atoms with Gasteiger partial charge in [0.15, 0.2) is 0 Å². The standard InChI is InChI=1S/C17H18ClN3OS2/c1-11(9-14(22)15-3-2-8-23-15)19-17-21-20-16(24-17)10-12-4-6-13(18)7-5-12/h2-8,11,14,22H,9-10H2,1H3,(H,19,21). The van der Waals surface area contributed by atoms with Gasteiger partial charge in [-0.15, -0.1) is 21.5 Å². The van der Waals surface area contributed by atoms with E-state index >= 15 is 0 Å². The Bertz CT molecular complexity index is 759. The van der Waals surface area contributed by atoms with E-state index in [1.165, 1.54) is 11.3 Å². The fourth-order valence-electron chi connectivity index (χ4n) is 2.36. The van der Waals surface area contributed by atoms with Crippen molar-refractivity contribution in [2.45, 2.75) is 31.9 Å². The van der Waals surface area contributed by atoms with Crippen LogP contribution in [0.1, 0.15) is 34.9 Å². The van der Waals surface area contributed by atoms with Crippen LogP contribution in [0.25, 0.3) is 0 Å². The fraction of sp³-hybridized carbons (Fsp3) is 0.294. The summed E-state index contributed by atoms with van der Waals surface area (Å²) in [6.07, 6.45) is 0.920. The molecule has 1 aromatic carbocycles. The Morgan fingerprint density at radius 3 is 2.71 bits per heavy atom. The van der Waals surface area contributed by atoms with Crippen molar-refractivity contribution in [1.29, 1.82) is 0 Å². The second kappa shape index (κ2) is 8.07. The van der Waals surface area contributed by atoms with Gasteiger partial charge in [0, 0.05) is 22.4 Å². The van der Waals surface area contributed by atoms with Gasteiger partial charge in [-0.1, -0.05) is 41.1 Å². The van der Waals surface area contributed by atoms with Crippen LogP contribution in [0.5, 0.6) is 0 Å². The molecule has 0 bridgehead atoms. The number of hydrogen-bond donors (Lipinski definition) is 2. The summed E-state index contributed by atoms with van der Waals surface area (Å²) in [7, 11) is 0. The maximum Gasteiger partial charge on any atom is 0.205 e. The van der Waals surface area contributed by atoms with Crippen molar-refractivity contribution >= 4 is 39.4 Å². The first-order valence-electron chi connectivity index (χ1n) is 7.65. The Morgan fingerprint density at radius 1 is 1.21 bits per heavy atom. The third-order valence-electron chi connectivity index (χ3n) is 3.55. The van der Waals surface area contributed by atoms with Gasteiger partial charge in [0.2, 0.25) is 5.13 Å². The van der Waals surface area contributed by atoms with E-state index in [1.54, 1.807) is 11.3 Å². The second-order valence-electron chi connectivity index (χ2n) is 5.62. The molecule has 2 N–H and O–H groups in total. The van der Waals surface area contributed by atoms with Gasteiger partial charge in [0.05, 0.1) is 6.10 Å². The molecular formula is C17H18ClN3OS2. The number of aliphatic hydroxyl groups is 1. The molecule has 3 aromatic rings. The van der Waals surface area contributed by atoms with Crippen molar-refractivity contribution in [1.82, 2.24) is 10.2 Å². The summed E-state index contributed by atoms with van der Waals surface area (Å²) in [5.41, 5.74) is 1.16. The largest absolute Gasteiger partial charge is 0.387 e. The minimum Gasteiger partial charge on any atom is -0.387 e. The molecule has 0 amide bonds. The molecular weight excluding hydrogens is 362 g/mol. The lowest BCUT2D eigenvalue weighted by atomic mass is 10.1. The minimum absolute atomic E-state index is 0.110. The van der Waals surface area contributed by atoms with E-state index in [4.69, 9.17) is 11.6 Å². The van der Waals surface area contributed by atoms with Crippen LogP contribution in [-0.2, 0) is 6.42 Å². The average molecular weight is 380 g/mol. The number of halogens is 1. The number of nitrogens with one attached hydrogen (secondary N) is 1. The van der Waals surface area contributed by atoms with Crippen molar-refractivity contribution in [3.05, 3.63) is 62.2 Å². The van der Waals surface area contributed by atoms with Gasteiger partial charge in [-0.25, -0.2) is 0 Å². The highest BCUT2D eigenvalue weighted by atomic mass is 35.5. The molecule has 0 aliphatic carbocycles. The SMILES string of the molecule is CC(CC(O)c1cccs1)Nc1nnc(Cc2ccc(Cl)cc2)s1. The highest BCUT2D eigenvalue weighted by Crippen LogP contribution is 2.25. The molecule has 24 heavy (non-hydrogen) atoms. The predicted octanol–water partition coefficient (Wildman–Crippen LogP) is 4.77. The molecule has 2 atom stereocenters. The topological polar surface area (TPSA) is 58.0 Å². The molecule has 126 valence electrons. The molecule has 0 fully saturated rings. The number of rotatable bonds is 7. The van der Waals surface area contributed by atoms with Crippen molar-refractivity contribution in [2.75, 3.05) is 5.32 Å². The zero-order chi connectivity index (χ0) is 16.9. The average Bonchev–Trinajstić information content (AvgIpc) is 3.21. The van der Waals surface area contributed by atoms with Gasteiger partial charge in [0.1, 0.15) is 5.01 Å². The summed E-state index contributed by atoms with van der Waals surface area (Å²) < 4.78 is 0. The molecule has 2 aromatic heterocycles. The summed E-state index contributed by atoms with van der Waals surface area (Å²) in [5, 5.41) is 26.4. The van der Waals surface area contributed by atoms with E-state index in [0.29, 0.717) is 6.42 Å². The molecule has 0 saturated carbocycles. The first-order valence-corrected chi connectivity index (χ1v) is 9.72. The van der Waals surface area contributed by atoms with Crippen LogP contribution < -0.4 is 5.32 Å². The van der Waals surface area contributed by atoms with Crippen molar-refractivity contribution in [2.24, 2.45) is 0 Å². The van der Waals surface area contributed by atoms with Crippen LogP contribution in [-0.4, -0.2) is 21.3 Å². The second-order valence-corrected chi connectivity index (χ2v) is 8.09. The van der Waals surface area contributed by atoms with Gasteiger partial charge < -0.3 is 10.4 Å². The Labute approximate surface area is 154 Å². The number of thiophene rings is 1. The van der Waals surface area contributed by atoms with Crippen LogP contribution in [0.3, 0.4) is 0 Å². The van der Waals surface area contributed by atoms with E-state index < -0.39 is 6.10 Å². The van der Waals surface area contributed by atoms with Crippen LogP contribution in [0, 0.1) is 0 Å². The lowest BCUT2D eigenvalue weighted by Crippen LogP contribution is -2.18. The van der Waals surface area contributed by atoms with Crippen LogP contribution in [0.2, 0.25) is 5.02 Å². The molecule has 2 heterocycles. The Kier molecular flexibility index (Phi) is 5.84. The summed E-state index contributed by atoms with van der Waals surface area (Å²) in [6, 6.07) is 11.8. The minimum atomic E-state index is -0.450. The molecule has 0 aliphatic rings. The zero-order valence-electron chi connectivity index (χ0n) is 13.1. The van der Waals surface area contributed by atoms with E-state index in [2.05, 4.69) is 15.5 Å². The maximum atomic E-state index is 10.2. The van der Waals surface area contributed by atoms with Gasteiger partial charge in [-0.05, 0) is 42.5 Å². The molecule has 3 rings (SSSR count). The van der Waals surface area contributed by atoms with E-state index in [-0.39, 0.29) is 6.04 Å². The fourth-order valence-corrected chi connectivity index (χ4v) is 4.10. The number of nitrogens with zero attached hydrogens (tertiary/aromatic N) is 2. The third kappa shape index (κ3) is 4.77. The van der Waals surface area contributed by atoms with Crippen molar-refractivity contribution < 1.29 is 5.11 Å². The Morgan fingerprint density at radius 2 is 2.00 bits per heavy atom. The first kappa shape index (κ1) is 17.4.